The highest BCUT2D eigenvalue weighted by Gasteiger charge is 2.36. The van der Waals surface area contributed by atoms with Gasteiger partial charge in [-0.15, -0.1) is 0 Å². The molecule has 0 unspecified atom stereocenters. The first-order valence-corrected chi connectivity index (χ1v) is 9.49. The van der Waals surface area contributed by atoms with Gasteiger partial charge >= 0.3 is 12.4 Å². The molecule has 0 fully saturated rings. The quantitative estimate of drug-likeness (QED) is 0.506. The minimum atomic E-state index is -4.82. The molecule has 2 aromatic carbocycles. The number of imidazole rings is 1. The van der Waals surface area contributed by atoms with E-state index in [4.69, 9.17) is 4.74 Å². The van der Waals surface area contributed by atoms with Crippen molar-refractivity contribution in [3.05, 3.63) is 76.6 Å². The topological polar surface area (TPSA) is 58.2 Å². The summed E-state index contributed by atoms with van der Waals surface area (Å²) < 4.78 is 95.3. The number of aromatic amines is 1. The first-order valence-electron chi connectivity index (χ1n) is 9.49. The highest BCUT2D eigenvalue weighted by Crippen LogP contribution is 2.34. The number of rotatable bonds is 3. The van der Waals surface area contributed by atoms with Crippen LogP contribution in [0, 0.1) is 5.82 Å². The standard InChI is InChI=1S/C21H14F7N3O2/c22-16-8-14(3-4-15(16)20(23,24)25)33-13-2-1-12-10-31(6-5-11(12)7-13)18(32)17-9-29-19(30-17)21(26,27)28/h1-4,7-9H,5-6,10H2,(H,29,30). The fraction of sp³-hybridized carbons (Fsp3) is 0.238. The van der Waals surface area contributed by atoms with E-state index in [0.717, 1.165) is 23.4 Å². The number of nitrogens with one attached hydrogen (secondary N) is 1. The van der Waals surface area contributed by atoms with Gasteiger partial charge in [-0.05, 0) is 41.8 Å². The summed E-state index contributed by atoms with van der Waals surface area (Å²) in [6, 6.07) is 6.98. The maximum Gasteiger partial charge on any atom is 0.449 e. The van der Waals surface area contributed by atoms with Crippen LogP contribution in [0.15, 0.2) is 42.6 Å². The molecule has 0 bridgehead atoms. The third-order valence-electron chi connectivity index (χ3n) is 5.03. The number of nitrogens with zero attached hydrogens (tertiary/aromatic N) is 2. The van der Waals surface area contributed by atoms with Gasteiger partial charge in [-0.2, -0.15) is 26.3 Å². The van der Waals surface area contributed by atoms with Crippen LogP contribution in [0.5, 0.6) is 11.5 Å². The molecule has 33 heavy (non-hydrogen) atoms. The lowest BCUT2D eigenvalue weighted by Crippen LogP contribution is -2.36. The number of aromatic nitrogens is 2. The lowest BCUT2D eigenvalue weighted by atomic mass is 9.99. The summed E-state index contributed by atoms with van der Waals surface area (Å²) in [4.78, 5) is 19.1. The molecule has 0 saturated heterocycles. The predicted octanol–water partition coefficient (Wildman–Crippen LogP) is 5.58. The van der Waals surface area contributed by atoms with Crippen molar-refractivity contribution < 1.29 is 40.3 Å². The van der Waals surface area contributed by atoms with Crippen LogP contribution in [0.25, 0.3) is 0 Å². The molecular weight excluding hydrogens is 459 g/mol. The summed E-state index contributed by atoms with van der Waals surface area (Å²) in [5.41, 5.74) is -0.180. The molecule has 0 aliphatic carbocycles. The Hall–Kier alpha value is -3.57. The Balaban J connectivity index is 1.46. The molecule has 4 rings (SSSR count). The zero-order valence-corrected chi connectivity index (χ0v) is 16.5. The minimum Gasteiger partial charge on any atom is -0.457 e. The number of benzene rings is 2. The smallest absolute Gasteiger partial charge is 0.449 e. The predicted molar refractivity (Wildman–Crippen MR) is 100.0 cm³/mol. The number of hydrogen-bond donors (Lipinski definition) is 1. The SMILES string of the molecule is O=C(c1cnc(C(F)(F)F)[nH]1)N1CCc2cc(Oc3ccc(C(F)(F)F)c(F)c3)ccc2C1. The molecule has 3 aromatic rings. The van der Waals surface area contributed by atoms with E-state index >= 15 is 0 Å². The molecule has 0 spiro atoms. The third kappa shape index (κ3) is 4.78. The molecule has 0 radical (unpaired) electrons. The Bertz CT molecular complexity index is 1200. The van der Waals surface area contributed by atoms with Crippen LogP contribution in [-0.4, -0.2) is 27.3 Å². The average Bonchev–Trinajstić information content (AvgIpc) is 3.23. The Morgan fingerprint density at radius 2 is 1.67 bits per heavy atom. The molecule has 1 amide bonds. The molecule has 1 aliphatic heterocycles. The van der Waals surface area contributed by atoms with Gasteiger partial charge in [0.05, 0.1) is 11.8 Å². The second kappa shape index (κ2) is 8.09. The number of halogens is 7. The largest absolute Gasteiger partial charge is 0.457 e. The maximum atomic E-state index is 13.7. The number of alkyl halides is 6. The van der Waals surface area contributed by atoms with Crippen LogP contribution < -0.4 is 4.74 Å². The molecule has 174 valence electrons. The van der Waals surface area contributed by atoms with Gasteiger partial charge in [0.15, 0.2) is 0 Å². The fourth-order valence-corrected chi connectivity index (χ4v) is 3.44. The minimum absolute atomic E-state index is 0.118. The molecule has 1 aromatic heterocycles. The molecule has 5 nitrogen and oxygen atoms in total. The fourth-order valence-electron chi connectivity index (χ4n) is 3.44. The van der Waals surface area contributed by atoms with Gasteiger partial charge < -0.3 is 14.6 Å². The summed E-state index contributed by atoms with van der Waals surface area (Å²) in [5, 5.41) is 0. The summed E-state index contributed by atoms with van der Waals surface area (Å²) in [7, 11) is 0. The number of carbonyl (C=O) groups is 1. The zero-order chi connectivity index (χ0) is 24.0. The van der Waals surface area contributed by atoms with Gasteiger partial charge in [0, 0.05) is 19.2 Å². The van der Waals surface area contributed by atoms with Crippen molar-refractivity contribution in [2.75, 3.05) is 6.54 Å². The van der Waals surface area contributed by atoms with Gasteiger partial charge in [0.25, 0.3) is 5.91 Å². The van der Waals surface area contributed by atoms with Gasteiger partial charge in [0.2, 0.25) is 5.82 Å². The Labute approximate surface area is 181 Å². The number of amides is 1. The van der Waals surface area contributed by atoms with E-state index < -0.39 is 35.5 Å². The average molecular weight is 473 g/mol. The lowest BCUT2D eigenvalue weighted by Gasteiger charge is -2.28. The van der Waals surface area contributed by atoms with E-state index in [1.165, 1.54) is 11.0 Å². The Kier molecular flexibility index (Phi) is 5.54. The van der Waals surface area contributed by atoms with Crippen molar-refractivity contribution in [1.29, 1.82) is 0 Å². The van der Waals surface area contributed by atoms with Crippen LogP contribution in [0.4, 0.5) is 30.7 Å². The molecular formula is C21H14F7N3O2. The number of hydrogen-bond acceptors (Lipinski definition) is 3. The van der Waals surface area contributed by atoms with Crippen LogP contribution in [0.2, 0.25) is 0 Å². The molecule has 1 N–H and O–H groups in total. The second-order valence-electron chi connectivity index (χ2n) is 7.29. The van der Waals surface area contributed by atoms with E-state index in [1.54, 1.807) is 12.1 Å². The lowest BCUT2D eigenvalue weighted by molar-refractivity contribution is -0.144. The van der Waals surface area contributed by atoms with E-state index in [1.807, 2.05) is 4.98 Å². The monoisotopic (exact) mass is 473 g/mol. The maximum absolute atomic E-state index is 13.7. The highest BCUT2D eigenvalue weighted by atomic mass is 19.4. The van der Waals surface area contributed by atoms with E-state index in [-0.39, 0.29) is 30.3 Å². The van der Waals surface area contributed by atoms with Crippen molar-refractivity contribution in [2.45, 2.75) is 25.3 Å². The van der Waals surface area contributed by atoms with Crippen molar-refractivity contribution in [1.82, 2.24) is 14.9 Å². The molecule has 2 heterocycles. The third-order valence-corrected chi connectivity index (χ3v) is 5.03. The van der Waals surface area contributed by atoms with E-state index in [9.17, 15) is 35.5 Å². The highest BCUT2D eigenvalue weighted by molar-refractivity contribution is 5.92. The second-order valence-corrected chi connectivity index (χ2v) is 7.29. The first kappa shape index (κ1) is 22.6. The number of H-pyrrole nitrogens is 1. The van der Waals surface area contributed by atoms with Crippen molar-refractivity contribution >= 4 is 5.91 Å². The van der Waals surface area contributed by atoms with E-state index in [2.05, 4.69) is 4.98 Å². The normalized spacial score (nSPS) is 14.2. The summed E-state index contributed by atoms with van der Waals surface area (Å²) in [6.07, 6.45) is -8.32. The van der Waals surface area contributed by atoms with Crippen molar-refractivity contribution in [3.63, 3.8) is 0 Å². The number of ether oxygens (including phenoxy) is 1. The molecule has 12 heteroatoms. The van der Waals surface area contributed by atoms with Crippen LogP contribution in [0.3, 0.4) is 0 Å². The van der Waals surface area contributed by atoms with Gasteiger partial charge in [-0.25, -0.2) is 9.37 Å². The van der Waals surface area contributed by atoms with Crippen LogP contribution in [0.1, 0.15) is 33.0 Å². The molecule has 0 saturated carbocycles. The van der Waals surface area contributed by atoms with Crippen molar-refractivity contribution in [2.24, 2.45) is 0 Å². The summed E-state index contributed by atoms with van der Waals surface area (Å²) in [5.74, 6) is -3.21. The van der Waals surface area contributed by atoms with E-state index in [0.29, 0.717) is 18.6 Å². The van der Waals surface area contributed by atoms with Crippen LogP contribution >= 0.6 is 0 Å². The Morgan fingerprint density at radius 1 is 0.970 bits per heavy atom. The summed E-state index contributed by atoms with van der Waals surface area (Å²) >= 11 is 0. The van der Waals surface area contributed by atoms with Crippen LogP contribution in [-0.2, 0) is 25.3 Å². The Morgan fingerprint density at radius 3 is 2.30 bits per heavy atom. The van der Waals surface area contributed by atoms with Gasteiger partial charge in [-0.1, -0.05) is 6.07 Å². The van der Waals surface area contributed by atoms with Crippen molar-refractivity contribution in [3.8, 4) is 11.5 Å². The number of fused-ring (bicyclic) bond motifs is 1. The number of carbonyl (C=O) groups excluding carboxylic acids is 1. The van der Waals surface area contributed by atoms with Gasteiger partial charge in [-0.3, -0.25) is 4.79 Å². The molecule has 0 atom stereocenters. The molecule has 1 aliphatic rings. The first-order chi connectivity index (χ1) is 15.4. The zero-order valence-electron chi connectivity index (χ0n) is 16.5. The van der Waals surface area contributed by atoms with Gasteiger partial charge in [0.1, 0.15) is 23.0 Å². The summed E-state index contributed by atoms with van der Waals surface area (Å²) in [6.45, 7) is 0.342.